The van der Waals surface area contributed by atoms with Gasteiger partial charge in [-0.15, -0.1) is 0 Å². The van der Waals surface area contributed by atoms with Crippen molar-refractivity contribution in [3.05, 3.63) is 16.5 Å². The fourth-order valence-electron chi connectivity index (χ4n) is 1.43. The zero-order chi connectivity index (χ0) is 14.4. The average Bonchev–Trinajstić information content (AvgIpc) is 2.37. The van der Waals surface area contributed by atoms with E-state index in [1.165, 1.54) is 0 Å². The Morgan fingerprint density at radius 3 is 2.63 bits per heavy atom. The van der Waals surface area contributed by atoms with Crippen LogP contribution in [0.4, 0.5) is 5.82 Å². The van der Waals surface area contributed by atoms with E-state index in [0.29, 0.717) is 23.3 Å². The van der Waals surface area contributed by atoms with Gasteiger partial charge >= 0.3 is 0 Å². The van der Waals surface area contributed by atoms with Crippen molar-refractivity contribution < 1.29 is 4.79 Å². The first kappa shape index (κ1) is 15.7. The van der Waals surface area contributed by atoms with Gasteiger partial charge in [-0.1, -0.05) is 32.4 Å². The summed E-state index contributed by atoms with van der Waals surface area (Å²) in [7, 11) is 0. The number of aromatic nitrogens is 2. The van der Waals surface area contributed by atoms with E-state index in [1.54, 1.807) is 0 Å². The summed E-state index contributed by atoms with van der Waals surface area (Å²) >= 11 is 6.07. The maximum atomic E-state index is 11.5. The van der Waals surface area contributed by atoms with Gasteiger partial charge in [0.15, 0.2) is 0 Å². The molecule has 0 unspecified atom stereocenters. The van der Waals surface area contributed by atoms with E-state index in [1.807, 2.05) is 27.7 Å². The molecule has 6 heteroatoms. The van der Waals surface area contributed by atoms with Crippen LogP contribution in [0.3, 0.4) is 0 Å². The molecule has 1 aromatic heterocycles. The van der Waals surface area contributed by atoms with Crippen LogP contribution < -0.4 is 10.6 Å². The predicted octanol–water partition coefficient (Wildman–Crippen LogP) is 2.50. The number of nitrogens with one attached hydrogen (secondary N) is 2. The smallest absolute Gasteiger partial charge is 0.239 e. The Labute approximate surface area is 119 Å². The molecule has 106 valence electrons. The van der Waals surface area contributed by atoms with Crippen molar-refractivity contribution in [2.75, 3.05) is 18.4 Å². The first-order chi connectivity index (χ1) is 8.95. The molecule has 19 heavy (non-hydrogen) atoms. The third kappa shape index (κ3) is 4.67. The minimum absolute atomic E-state index is 0.0536. The number of nitrogens with zero attached hydrogens (tertiary/aromatic N) is 2. The Balaban J connectivity index is 2.74. The summed E-state index contributed by atoms with van der Waals surface area (Å²) in [4.78, 5) is 20.2. The van der Waals surface area contributed by atoms with Crippen LogP contribution in [0.2, 0.25) is 5.15 Å². The third-order valence-electron chi connectivity index (χ3n) is 2.61. The number of amides is 1. The summed E-state index contributed by atoms with van der Waals surface area (Å²) in [6.07, 6.45) is 0.918. The van der Waals surface area contributed by atoms with Crippen molar-refractivity contribution in [2.24, 2.45) is 0 Å². The Morgan fingerprint density at radius 1 is 1.37 bits per heavy atom. The minimum atomic E-state index is -0.0536. The molecule has 0 radical (unpaired) electrons. The molecule has 0 aromatic carbocycles. The fourth-order valence-corrected chi connectivity index (χ4v) is 1.60. The van der Waals surface area contributed by atoms with Crippen molar-refractivity contribution in [2.45, 2.75) is 40.0 Å². The van der Waals surface area contributed by atoms with Crippen LogP contribution in [0.15, 0.2) is 0 Å². The summed E-state index contributed by atoms with van der Waals surface area (Å²) in [5.41, 5.74) is 0.759. The van der Waals surface area contributed by atoms with Crippen molar-refractivity contribution in [3.8, 4) is 0 Å². The van der Waals surface area contributed by atoms with E-state index < -0.39 is 0 Å². The highest BCUT2D eigenvalue weighted by Gasteiger charge is 2.12. The van der Waals surface area contributed by atoms with Gasteiger partial charge in [0.1, 0.15) is 16.8 Å². The van der Waals surface area contributed by atoms with Crippen molar-refractivity contribution in [3.63, 3.8) is 0 Å². The molecule has 5 nitrogen and oxygen atoms in total. The van der Waals surface area contributed by atoms with Gasteiger partial charge in [0, 0.05) is 18.0 Å². The molecule has 0 aliphatic rings. The van der Waals surface area contributed by atoms with Crippen LogP contribution in [0, 0.1) is 6.92 Å². The van der Waals surface area contributed by atoms with Gasteiger partial charge in [-0.05, 0) is 13.3 Å². The lowest BCUT2D eigenvalue weighted by Crippen LogP contribution is -2.30. The zero-order valence-electron chi connectivity index (χ0n) is 11.9. The second kappa shape index (κ2) is 7.28. The number of hydrogen-bond acceptors (Lipinski definition) is 4. The molecular weight excluding hydrogens is 264 g/mol. The summed E-state index contributed by atoms with van der Waals surface area (Å²) < 4.78 is 0. The first-order valence-corrected chi connectivity index (χ1v) is 6.88. The normalized spacial score (nSPS) is 10.6. The molecule has 0 saturated heterocycles. The number of rotatable bonds is 6. The van der Waals surface area contributed by atoms with Crippen LogP contribution in [0.1, 0.15) is 44.5 Å². The van der Waals surface area contributed by atoms with E-state index in [9.17, 15) is 4.79 Å². The average molecular weight is 285 g/mol. The maximum Gasteiger partial charge on any atom is 0.239 e. The van der Waals surface area contributed by atoms with E-state index in [4.69, 9.17) is 11.6 Å². The molecule has 0 atom stereocenters. The molecule has 0 aliphatic heterocycles. The van der Waals surface area contributed by atoms with Crippen LogP contribution in [0.25, 0.3) is 0 Å². The lowest BCUT2D eigenvalue weighted by Gasteiger charge is -2.12. The van der Waals surface area contributed by atoms with Gasteiger partial charge in [-0.25, -0.2) is 9.97 Å². The molecule has 1 heterocycles. The minimum Gasteiger partial charge on any atom is -0.361 e. The highest BCUT2D eigenvalue weighted by molar-refractivity contribution is 6.30. The van der Waals surface area contributed by atoms with Gasteiger partial charge < -0.3 is 10.6 Å². The molecule has 0 bridgehead atoms. The first-order valence-electron chi connectivity index (χ1n) is 6.50. The molecule has 1 aromatic rings. The molecule has 1 rings (SSSR count). The Bertz CT molecular complexity index is 449. The molecule has 0 aliphatic carbocycles. The number of carbonyl (C=O) groups excluding carboxylic acids is 1. The van der Waals surface area contributed by atoms with Crippen LogP contribution in [0.5, 0.6) is 0 Å². The van der Waals surface area contributed by atoms with Gasteiger partial charge in [-0.2, -0.15) is 0 Å². The van der Waals surface area contributed by atoms with Crippen molar-refractivity contribution in [1.82, 2.24) is 15.3 Å². The second-order valence-electron chi connectivity index (χ2n) is 4.70. The molecule has 1 amide bonds. The largest absolute Gasteiger partial charge is 0.361 e. The second-order valence-corrected chi connectivity index (χ2v) is 5.06. The highest BCUT2D eigenvalue weighted by atomic mass is 35.5. The molecular formula is C13H21ClN4O. The molecule has 0 spiro atoms. The van der Waals surface area contributed by atoms with Gasteiger partial charge in [0.05, 0.1) is 6.54 Å². The lowest BCUT2D eigenvalue weighted by molar-refractivity contribution is -0.119. The summed E-state index contributed by atoms with van der Waals surface area (Å²) in [6, 6.07) is 0. The van der Waals surface area contributed by atoms with Gasteiger partial charge in [0.2, 0.25) is 5.91 Å². The van der Waals surface area contributed by atoms with Crippen LogP contribution in [-0.2, 0) is 4.79 Å². The maximum absolute atomic E-state index is 11.5. The van der Waals surface area contributed by atoms with Crippen LogP contribution in [-0.4, -0.2) is 29.0 Å². The topological polar surface area (TPSA) is 66.9 Å². The monoisotopic (exact) mass is 284 g/mol. The van der Waals surface area contributed by atoms with E-state index in [-0.39, 0.29) is 18.4 Å². The van der Waals surface area contributed by atoms with Crippen molar-refractivity contribution >= 4 is 23.3 Å². The number of anilines is 1. The molecule has 0 fully saturated rings. The fraction of sp³-hybridized carbons (Fsp3) is 0.615. The molecule has 0 saturated carbocycles. The Kier molecular flexibility index (Phi) is 6.02. The zero-order valence-corrected chi connectivity index (χ0v) is 12.6. The Morgan fingerprint density at radius 2 is 2.05 bits per heavy atom. The number of hydrogen-bond donors (Lipinski definition) is 2. The van der Waals surface area contributed by atoms with E-state index >= 15 is 0 Å². The summed E-state index contributed by atoms with van der Waals surface area (Å²) in [5, 5.41) is 6.23. The number of carbonyl (C=O) groups is 1. The lowest BCUT2D eigenvalue weighted by atomic mass is 10.2. The number of halogens is 1. The van der Waals surface area contributed by atoms with E-state index in [2.05, 4.69) is 20.6 Å². The third-order valence-corrected chi connectivity index (χ3v) is 2.98. The van der Waals surface area contributed by atoms with Gasteiger partial charge in [0.25, 0.3) is 0 Å². The van der Waals surface area contributed by atoms with E-state index in [0.717, 1.165) is 12.0 Å². The van der Waals surface area contributed by atoms with Crippen LogP contribution >= 0.6 is 11.6 Å². The molecule has 2 N–H and O–H groups in total. The standard InChI is InChI=1S/C13H21ClN4O/c1-5-6-15-10(19)7-16-13-9(4)11(14)17-12(18-13)8(2)3/h8H,5-7H2,1-4H3,(H,15,19)(H,16,17,18). The summed E-state index contributed by atoms with van der Waals surface area (Å²) in [5.74, 6) is 1.43. The quantitative estimate of drug-likeness (QED) is 0.788. The van der Waals surface area contributed by atoms with Crippen molar-refractivity contribution in [1.29, 1.82) is 0 Å². The highest BCUT2D eigenvalue weighted by Crippen LogP contribution is 2.22. The van der Waals surface area contributed by atoms with Gasteiger partial charge in [-0.3, -0.25) is 4.79 Å². The SMILES string of the molecule is CCCNC(=O)CNc1nc(C(C)C)nc(Cl)c1C. The Hall–Kier alpha value is -1.36. The summed E-state index contributed by atoms with van der Waals surface area (Å²) in [6.45, 7) is 8.71. The predicted molar refractivity (Wildman–Crippen MR) is 77.7 cm³/mol.